The van der Waals surface area contributed by atoms with Gasteiger partial charge in [0.2, 0.25) is 5.91 Å². The first-order valence-corrected chi connectivity index (χ1v) is 9.13. The monoisotopic (exact) mass is 416 g/mol. The Morgan fingerprint density at radius 3 is 2.24 bits per heavy atom. The number of nitrogens with zero attached hydrogens (tertiary/aromatic N) is 4. The molecule has 0 unspecified atom stereocenters. The Hall–Kier alpha value is -3.46. The van der Waals surface area contributed by atoms with Gasteiger partial charge >= 0.3 is 0 Å². The Morgan fingerprint density at radius 2 is 1.62 bits per heavy atom. The highest BCUT2D eigenvalue weighted by Crippen LogP contribution is 2.30. The normalized spacial score (nSPS) is 14.2. The van der Waals surface area contributed by atoms with E-state index in [1.807, 2.05) is 4.90 Å². The van der Waals surface area contributed by atoms with Gasteiger partial charge in [0.15, 0.2) is 0 Å². The van der Waals surface area contributed by atoms with Gasteiger partial charge in [-0.2, -0.15) is 0 Å². The van der Waals surface area contributed by atoms with Crippen molar-refractivity contribution in [2.45, 2.75) is 0 Å². The van der Waals surface area contributed by atoms with Crippen LogP contribution in [0.3, 0.4) is 0 Å². The zero-order valence-corrected chi connectivity index (χ0v) is 16.0. The van der Waals surface area contributed by atoms with Crippen molar-refractivity contribution in [1.29, 1.82) is 0 Å². The molecule has 0 aliphatic carbocycles. The molecule has 1 fully saturated rings. The summed E-state index contributed by atoms with van der Waals surface area (Å²) < 4.78 is 0. The summed E-state index contributed by atoms with van der Waals surface area (Å²) in [6.07, 6.45) is 2.95. The summed E-state index contributed by atoms with van der Waals surface area (Å²) in [5, 5.41) is 21.9. The molecule has 0 spiro atoms. The molecule has 0 aromatic heterocycles. The molecule has 0 atom stereocenters. The number of nitro benzene ring substituents is 2. The number of carbonyl (C=O) groups is 1. The lowest BCUT2D eigenvalue weighted by Crippen LogP contribution is -2.48. The van der Waals surface area contributed by atoms with Crippen LogP contribution in [0.2, 0.25) is 5.02 Å². The molecule has 1 aliphatic heterocycles. The van der Waals surface area contributed by atoms with Crippen LogP contribution in [0, 0.1) is 20.2 Å². The fourth-order valence-electron chi connectivity index (χ4n) is 3.05. The summed E-state index contributed by atoms with van der Waals surface area (Å²) in [4.78, 5) is 36.7. The molecule has 0 radical (unpaired) electrons. The zero-order chi connectivity index (χ0) is 21.0. The summed E-state index contributed by atoms with van der Waals surface area (Å²) >= 11 is 6.17. The standard InChI is InChI=1S/C19H17ClN4O5/c20-17-13-16(24(28)29)5-6-18(17)21-8-10-22(11-9-21)19(25)7-4-14-2-1-3-15(12-14)23(26)27/h1-7,12-13H,8-11H2/b7-4+. The molecule has 0 bridgehead atoms. The topological polar surface area (TPSA) is 110 Å². The van der Waals surface area contributed by atoms with E-state index in [9.17, 15) is 25.0 Å². The molecule has 0 N–H and O–H groups in total. The van der Waals surface area contributed by atoms with Crippen molar-refractivity contribution in [1.82, 2.24) is 4.90 Å². The van der Waals surface area contributed by atoms with Crippen molar-refractivity contribution in [3.05, 3.63) is 79.4 Å². The number of hydrogen-bond donors (Lipinski definition) is 0. The number of nitro groups is 2. The van der Waals surface area contributed by atoms with Gasteiger partial charge in [-0.1, -0.05) is 23.7 Å². The second-order valence-electron chi connectivity index (χ2n) is 6.39. The number of carbonyl (C=O) groups excluding carboxylic acids is 1. The highest BCUT2D eigenvalue weighted by atomic mass is 35.5. The van der Waals surface area contributed by atoms with Crippen LogP contribution in [0.1, 0.15) is 5.56 Å². The molecule has 29 heavy (non-hydrogen) atoms. The van der Waals surface area contributed by atoms with Gasteiger partial charge in [-0.25, -0.2) is 0 Å². The molecule has 1 saturated heterocycles. The van der Waals surface area contributed by atoms with Crippen LogP contribution in [0.4, 0.5) is 17.1 Å². The number of amides is 1. The lowest BCUT2D eigenvalue weighted by atomic mass is 10.2. The Morgan fingerprint density at radius 1 is 0.966 bits per heavy atom. The van der Waals surface area contributed by atoms with E-state index >= 15 is 0 Å². The summed E-state index contributed by atoms with van der Waals surface area (Å²) in [5.41, 5.74) is 1.16. The number of hydrogen-bond acceptors (Lipinski definition) is 6. The minimum Gasteiger partial charge on any atom is -0.367 e. The zero-order valence-electron chi connectivity index (χ0n) is 15.2. The molecule has 1 aliphatic rings. The van der Waals surface area contributed by atoms with Crippen molar-refractivity contribution in [2.24, 2.45) is 0 Å². The van der Waals surface area contributed by atoms with Crippen molar-refractivity contribution in [3.63, 3.8) is 0 Å². The molecule has 10 heteroatoms. The predicted octanol–water partition coefficient (Wildman–Crippen LogP) is 3.52. The number of anilines is 1. The second-order valence-corrected chi connectivity index (χ2v) is 6.80. The Balaban J connectivity index is 1.60. The lowest BCUT2D eigenvalue weighted by Gasteiger charge is -2.36. The van der Waals surface area contributed by atoms with Crippen LogP contribution in [-0.2, 0) is 4.79 Å². The number of non-ortho nitro benzene ring substituents is 2. The van der Waals surface area contributed by atoms with E-state index in [4.69, 9.17) is 11.6 Å². The molecule has 1 amide bonds. The average Bonchev–Trinajstić information content (AvgIpc) is 2.72. The van der Waals surface area contributed by atoms with Gasteiger partial charge in [0, 0.05) is 56.5 Å². The van der Waals surface area contributed by atoms with Gasteiger partial charge < -0.3 is 9.80 Å². The first-order chi connectivity index (χ1) is 13.8. The molecule has 9 nitrogen and oxygen atoms in total. The molecule has 1 heterocycles. The van der Waals surface area contributed by atoms with Crippen LogP contribution >= 0.6 is 11.6 Å². The van der Waals surface area contributed by atoms with E-state index in [0.717, 1.165) is 0 Å². The van der Waals surface area contributed by atoms with E-state index in [1.54, 1.807) is 29.2 Å². The maximum atomic E-state index is 12.4. The average molecular weight is 417 g/mol. The van der Waals surface area contributed by atoms with Crippen LogP contribution in [0.25, 0.3) is 6.08 Å². The van der Waals surface area contributed by atoms with Gasteiger partial charge in [0.25, 0.3) is 11.4 Å². The summed E-state index contributed by atoms with van der Waals surface area (Å²) in [7, 11) is 0. The largest absolute Gasteiger partial charge is 0.367 e. The van der Waals surface area contributed by atoms with Crippen molar-refractivity contribution in [3.8, 4) is 0 Å². The third-order valence-corrected chi connectivity index (χ3v) is 4.88. The van der Waals surface area contributed by atoms with Gasteiger partial charge in [-0.15, -0.1) is 0 Å². The Bertz CT molecular complexity index is 986. The summed E-state index contributed by atoms with van der Waals surface area (Å²) in [5.74, 6) is -0.189. The van der Waals surface area contributed by atoms with Gasteiger partial charge in [-0.3, -0.25) is 25.0 Å². The molecular formula is C19H17ClN4O5. The number of halogens is 1. The molecule has 2 aromatic carbocycles. The molecule has 3 rings (SSSR count). The van der Waals surface area contributed by atoms with E-state index in [2.05, 4.69) is 0 Å². The van der Waals surface area contributed by atoms with E-state index < -0.39 is 9.85 Å². The molecule has 2 aromatic rings. The summed E-state index contributed by atoms with van der Waals surface area (Å²) in [6.45, 7) is 2.00. The Labute approximate surface area is 171 Å². The van der Waals surface area contributed by atoms with E-state index in [1.165, 1.54) is 30.3 Å². The fraction of sp³-hybridized carbons (Fsp3) is 0.211. The van der Waals surface area contributed by atoms with Crippen molar-refractivity contribution >= 4 is 40.6 Å². The number of benzene rings is 2. The minimum absolute atomic E-state index is 0.0341. The second kappa shape index (κ2) is 8.70. The smallest absolute Gasteiger partial charge is 0.271 e. The molecule has 150 valence electrons. The first-order valence-electron chi connectivity index (χ1n) is 8.75. The van der Waals surface area contributed by atoms with E-state index in [0.29, 0.717) is 42.5 Å². The lowest BCUT2D eigenvalue weighted by molar-refractivity contribution is -0.385. The maximum absolute atomic E-state index is 12.4. The van der Waals surface area contributed by atoms with Crippen molar-refractivity contribution < 1.29 is 14.6 Å². The summed E-state index contributed by atoms with van der Waals surface area (Å²) in [6, 6.07) is 10.4. The van der Waals surface area contributed by atoms with E-state index in [-0.39, 0.29) is 17.3 Å². The SMILES string of the molecule is O=C(/C=C/c1cccc([N+](=O)[O-])c1)N1CCN(c2ccc([N+](=O)[O-])cc2Cl)CC1. The predicted molar refractivity (Wildman–Crippen MR) is 109 cm³/mol. The molecular weight excluding hydrogens is 400 g/mol. The van der Waals surface area contributed by atoms with Gasteiger partial charge in [0.05, 0.1) is 20.6 Å². The van der Waals surface area contributed by atoms with Gasteiger partial charge in [-0.05, 0) is 17.7 Å². The quantitative estimate of drug-likeness (QED) is 0.419. The Kier molecular flexibility index (Phi) is 6.08. The highest BCUT2D eigenvalue weighted by Gasteiger charge is 2.22. The number of piperazine rings is 1. The number of rotatable bonds is 5. The van der Waals surface area contributed by atoms with Crippen LogP contribution < -0.4 is 4.90 Å². The van der Waals surface area contributed by atoms with Gasteiger partial charge in [0.1, 0.15) is 0 Å². The van der Waals surface area contributed by atoms with Crippen LogP contribution in [0.15, 0.2) is 48.5 Å². The fourth-order valence-corrected chi connectivity index (χ4v) is 3.34. The van der Waals surface area contributed by atoms with Crippen LogP contribution in [0.5, 0.6) is 0 Å². The molecule has 0 saturated carbocycles. The highest BCUT2D eigenvalue weighted by molar-refractivity contribution is 6.33. The maximum Gasteiger partial charge on any atom is 0.271 e. The first kappa shape index (κ1) is 20.3. The third-order valence-electron chi connectivity index (χ3n) is 4.57. The minimum atomic E-state index is -0.500. The van der Waals surface area contributed by atoms with Crippen molar-refractivity contribution in [2.75, 3.05) is 31.1 Å². The van der Waals surface area contributed by atoms with Crippen LogP contribution in [-0.4, -0.2) is 46.8 Å². The third kappa shape index (κ3) is 4.88.